The van der Waals surface area contributed by atoms with Crippen LogP contribution < -0.4 is 4.74 Å². The third-order valence-corrected chi connectivity index (χ3v) is 2.99. The highest BCUT2D eigenvalue weighted by Crippen LogP contribution is 2.21. The van der Waals surface area contributed by atoms with Gasteiger partial charge < -0.3 is 9.84 Å². The van der Waals surface area contributed by atoms with Crippen LogP contribution in [0.2, 0.25) is 0 Å². The zero-order valence-electron chi connectivity index (χ0n) is 11.1. The summed E-state index contributed by atoms with van der Waals surface area (Å²) in [5, 5.41) is 18.5. The number of aromatic nitrogens is 3. The highest BCUT2D eigenvalue weighted by Gasteiger charge is 2.05. The van der Waals surface area contributed by atoms with Crippen molar-refractivity contribution in [2.24, 2.45) is 0 Å². The van der Waals surface area contributed by atoms with E-state index in [2.05, 4.69) is 10.3 Å². The molecule has 0 saturated carbocycles. The van der Waals surface area contributed by atoms with E-state index in [4.69, 9.17) is 9.84 Å². The molecule has 3 aromatic rings. The van der Waals surface area contributed by atoms with Gasteiger partial charge in [-0.3, -0.25) is 4.79 Å². The standard InChI is InChI=1S/C15H13N3O3/c19-15(20)9-18-8-13(16-17-18)10-21-14-6-5-11-3-1-2-4-12(11)7-14/h1-8H,9-10H2,(H,19,20). The Morgan fingerprint density at radius 2 is 2.00 bits per heavy atom. The van der Waals surface area contributed by atoms with Crippen molar-refractivity contribution in [2.45, 2.75) is 13.2 Å². The topological polar surface area (TPSA) is 77.2 Å². The molecule has 0 aliphatic rings. The lowest BCUT2D eigenvalue weighted by Crippen LogP contribution is -2.08. The van der Waals surface area contributed by atoms with Gasteiger partial charge in [-0.15, -0.1) is 5.10 Å². The van der Waals surface area contributed by atoms with Crippen LogP contribution in [0.1, 0.15) is 5.69 Å². The normalized spacial score (nSPS) is 10.7. The Bertz CT molecular complexity index is 782. The fourth-order valence-electron chi connectivity index (χ4n) is 2.03. The number of hydrogen-bond donors (Lipinski definition) is 1. The monoisotopic (exact) mass is 283 g/mol. The molecule has 0 spiro atoms. The molecule has 21 heavy (non-hydrogen) atoms. The third kappa shape index (κ3) is 3.17. The van der Waals surface area contributed by atoms with Crippen LogP contribution >= 0.6 is 0 Å². The Morgan fingerprint density at radius 1 is 1.19 bits per heavy atom. The number of hydrogen-bond acceptors (Lipinski definition) is 4. The summed E-state index contributed by atoms with van der Waals surface area (Å²) in [6.45, 7) is 0.0426. The van der Waals surface area contributed by atoms with E-state index in [9.17, 15) is 4.79 Å². The molecule has 6 nitrogen and oxygen atoms in total. The van der Waals surface area contributed by atoms with E-state index in [1.54, 1.807) is 6.20 Å². The summed E-state index contributed by atoms with van der Waals surface area (Å²) in [6, 6.07) is 13.9. The molecule has 2 aromatic carbocycles. The molecule has 6 heteroatoms. The summed E-state index contributed by atoms with van der Waals surface area (Å²) >= 11 is 0. The number of benzene rings is 2. The van der Waals surface area contributed by atoms with Crippen molar-refractivity contribution in [2.75, 3.05) is 0 Å². The van der Waals surface area contributed by atoms with Gasteiger partial charge in [0.05, 0.1) is 6.20 Å². The van der Waals surface area contributed by atoms with Crippen LogP contribution in [0.5, 0.6) is 5.75 Å². The second-order valence-electron chi connectivity index (χ2n) is 4.60. The summed E-state index contributed by atoms with van der Waals surface area (Å²) in [7, 11) is 0. The summed E-state index contributed by atoms with van der Waals surface area (Å²) in [6.07, 6.45) is 1.56. The first kappa shape index (κ1) is 13.1. The molecule has 0 aliphatic carbocycles. The van der Waals surface area contributed by atoms with Crippen LogP contribution in [0.25, 0.3) is 10.8 Å². The number of carbonyl (C=O) groups is 1. The first-order chi connectivity index (χ1) is 10.2. The van der Waals surface area contributed by atoms with E-state index in [1.807, 2.05) is 42.5 Å². The fraction of sp³-hybridized carbons (Fsp3) is 0.133. The number of rotatable bonds is 5. The lowest BCUT2D eigenvalue weighted by atomic mass is 10.1. The maximum atomic E-state index is 10.6. The molecule has 0 unspecified atom stereocenters. The van der Waals surface area contributed by atoms with Crippen LogP contribution in [-0.2, 0) is 17.9 Å². The van der Waals surface area contributed by atoms with E-state index >= 15 is 0 Å². The molecule has 1 heterocycles. The fourth-order valence-corrected chi connectivity index (χ4v) is 2.03. The molecule has 1 aromatic heterocycles. The van der Waals surface area contributed by atoms with Crippen molar-refractivity contribution in [3.05, 3.63) is 54.4 Å². The Labute approximate surface area is 120 Å². The number of carboxylic acids is 1. The maximum Gasteiger partial charge on any atom is 0.325 e. The molecular formula is C15H13N3O3. The van der Waals surface area contributed by atoms with E-state index in [0.29, 0.717) is 5.69 Å². The number of carboxylic acid groups (broad SMARTS) is 1. The Hall–Kier alpha value is -2.89. The first-order valence-electron chi connectivity index (χ1n) is 6.43. The molecular weight excluding hydrogens is 270 g/mol. The van der Waals surface area contributed by atoms with Gasteiger partial charge in [0.25, 0.3) is 0 Å². The highest BCUT2D eigenvalue weighted by molar-refractivity contribution is 5.83. The van der Waals surface area contributed by atoms with E-state index in [-0.39, 0.29) is 13.2 Å². The van der Waals surface area contributed by atoms with E-state index in [0.717, 1.165) is 16.5 Å². The third-order valence-electron chi connectivity index (χ3n) is 2.99. The quantitative estimate of drug-likeness (QED) is 0.775. The van der Waals surface area contributed by atoms with Crippen LogP contribution in [0, 0.1) is 0 Å². The van der Waals surface area contributed by atoms with Gasteiger partial charge in [-0.1, -0.05) is 35.5 Å². The lowest BCUT2D eigenvalue weighted by Gasteiger charge is -2.05. The van der Waals surface area contributed by atoms with Gasteiger partial charge in [0.1, 0.15) is 24.6 Å². The van der Waals surface area contributed by atoms with Crippen molar-refractivity contribution in [1.29, 1.82) is 0 Å². The van der Waals surface area contributed by atoms with Gasteiger partial charge in [0.2, 0.25) is 0 Å². The van der Waals surface area contributed by atoms with E-state index in [1.165, 1.54) is 4.68 Å². The molecule has 0 radical (unpaired) electrons. The minimum atomic E-state index is -0.957. The first-order valence-corrected chi connectivity index (χ1v) is 6.43. The molecule has 106 valence electrons. The molecule has 3 rings (SSSR count). The predicted molar refractivity (Wildman–Crippen MR) is 75.9 cm³/mol. The van der Waals surface area contributed by atoms with Gasteiger partial charge in [0.15, 0.2) is 0 Å². The van der Waals surface area contributed by atoms with Crippen LogP contribution in [0.15, 0.2) is 48.7 Å². The van der Waals surface area contributed by atoms with Crippen molar-refractivity contribution in [3.8, 4) is 5.75 Å². The Morgan fingerprint density at radius 3 is 2.81 bits per heavy atom. The molecule has 0 fully saturated rings. The average Bonchev–Trinajstić information content (AvgIpc) is 2.91. The number of ether oxygens (including phenoxy) is 1. The lowest BCUT2D eigenvalue weighted by molar-refractivity contribution is -0.137. The predicted octanol–water partition coefficient (Wildman–Crippen LogP) is 2.09. The van der Waals surface area contributed by atoms with Crippen molar-refractivity contribution in [3.63, 3.8) is 0 Å². The molecule has 1 N–H and O–H groups in total. The summed E-state index contributed by atoms with van der Waals surface area (Å²) in [4.78, 5) is 10.6. The van der Waals surface area contributed by atoms with Gasteiger partial charge in [-0.2, -0.15) is 0 Å². The van der Waals surface area contributed by atoms with E-state index < -0.39 is 5.97 Å². The van der Waals surface area contributed by atoms with Crippen LogP contribution in [0.3, 0.4) is 0 Å². The summed E-state index contributed by atoms with van der Waals surface area (Å²) in [5.41, 5.74) is 0.587. The zero-order chi connectivity index (χ0) is 14.7. The Balaban J connectivity index is 1.68. The SMILES string of the molecule is O=C(O)Cn1cc(COc2ccc3ccccc3c2)nn1. The molecule has 0 bridgehead atoms. The number of aliphatic carboxylic acids is 1. The van der Waals surface area contributed by atoms with Gasteiger partial charge >= 0.3 is 5.97 Å². The molecule has 0 amide bonds. The maximum absolute atomic E-state index is 10.6. The smallest absolute Gasteiger partial charge is 0.325 e. The number of fused-ring (bicyclic) bond motifs is 1. The van der Waals surface area contributed by atoms with Gasteiger partial charge in [0, 0.05) is 0 Å². The molecule has 0 aliphatic heterocycles. The van der Waals surface area contributed by atoms with Crippen LogP contribution in [-0.4, -0.2) is 26.1 Å². The molecule has 0 saturated heterocycles. The number of nitrogens with zero attached hydrogens (tertiary/aromatic N) is 3. The highest BCUT2D eigenvalue weighted by atomic mass is 16.5. The molecule has 0 atom stereocenters. The second kappa shape index (κ2) is 5.62. The zero-order valence-corrected chi connectivity index (χ0v) is 11.1. The Kier molecular flexibility index (Phi) is 3.51. The average molecular weight is 283 g/mol. The largest absolute Gasteiger partial charge is 0.487 e. The minimum absolute atomic E-state index is 0.205. The van der Waals surface area contributed by atoms with Crippen molar-refractivity contribution < 1.29 is 14.6 Å². The van der Waals surface area contributed by atoms with Crippen molar-refractivity contribution >= 4 is 16.7 Å². The minimum Gasteiger partial charge on any atom is -0.487 e. The van der Waals surface area contributed by atoms with Crippen LogP contribution in [0.4, 0.5) is 0 Å². The van der Waals surface area contributed by atoms with Gasteiger partial charge in [-0.05, 0) is 22.9 Å². The van der Waals surface area contributed by atoms with Gasteiger partial charge in [-0.25, -0.2) is 4.68 Å². The second-order valence-corrected chi connectivity index (χ2v) is 4.60. The summed E-state index contributed by atoms with van der Waals surface area (Å²) < 4.78 is 6.92. The van der Waals surface area contributed by atoms with Crippen molar-refractivity contribution in [1.82, 2.24) is 15.0 Å². The summed E-state index contributed by atoms with van der Waals surface area (Å²) in [5.74, 6) is -0.219.